The molecule has 0 aromatic carbocycles. The molecular formula is C14H27NO3S. The molecule has 0 amide bonds. The van der Waals surface area contributed by atoms with E-state index in [2.05, 4.69) is 12.2 Å². The van der Waals surface area contributed by atoms with Crippen LogP contribution in [0.5, 0.6) is 0 Å². The maximum atomic E-state index is 11.3. The van der Waals surface area contributed by atoms with Crippen LogP contribution in [0.2, 0.25) is 0 Å². The molecule has 112 valence electrons. The van der Waals surface area contributed by atoms with Gasteiger partial charge in [-0.15, -0.1) is 0 Å². The second-order valence-corrected chi connectivity index (χ2v) is 8.52. The molecule has 1 N–H and O–H groups in total. The molecule has 19 heavy (non-hydrogen) atoms. The number of nitrogens with one attached hydrogen (secondary N) is 1. The number of hydrogen-bond donors (Lipinski definition) is 1. The third-order valence-corrected chi connectivity index (χ3v) is 5.83. The van der Waals surface area contributed by atoms with Crippen molar-refractivity contribution < 1.29 is 13.2 Å². The summed E-state index contributed by atoms with van der Waals surface area (Å²) in [4.78, 5) is 0. The fourth-order valence-corrected chi connectivity index (χ4v) is 4.97. The monoisotopic (exact) mass is 289 g/mol. The Morgan fingerprint density at radius 1 is 1.37 bits per heavy atom. The summed E-state index contributed by atoms with van der Waals surface area (Å²) in [5.41, 5.74) is 0.280. The molecule has 0 radical (unpaired) electrons. The van der Waals surface area contributed by atoms with E-state index in [0.29, 0.717) is 12.1 Å². The van der Waals surface area contributed by atoms with E-state index < -0.39 is 9.84 Å². The second-order valence-electron chi connectivity index (χ2n) is 6.33. The zero-order chi connectivity index (χ0) is 14.1. The SMILES string of the molecule is CCOC1CC(NC(C)CS(C)(=O)=O)C12CCCC2. The molecule has 4 nitrogen and oxygen atoms in total. The van der Waals surface area contributed by atoms with E-state index in [4.69, 9.17) is 4.74 Å². The van der Waals surface area contributed by atoms with Crippen LogP contribution in [0.4, 0.5) is 0 Å². The number of ether oxygens (including phenoxy) is 1. The highest BCUT2D eigenvalue weighted by Gasteiger charge is 2.56. The van der Waals surface area contributed by atoms with E-state index >= 15 is 0 Å². The minimum absolute atomic E-state index is 0.0278. The van der Waals surface area contributed by atoms with Crippen molar-refractivity contribution in [3.05, 3.63) is 0 Å². The Morgan fingerprint density at radius 2 is 2.00 bits per heavy atom. The smallest absolute Gasteiger partial charge is 0.148 e. The Bertz CT molecular complexity index is 401. The van der Waals surface area contributed by atoms with Crippen molar-refractivity contribution in [1.82, 2.24) is 5.32 Å². The molecule has 2 saturated carbocycles. The minimum atomic E-state index is -2.91. The molecule has 2 fully saturated rings. The van der Waals surface area contributed by atoms with Gasteiger partial charge in [-0.1, -0.05) is 12.8 Å². The van der Waals surface area contributed by atoms with Crippen molar-refractivity contribution >= 4 is 9.84 Å². The topological polar surface area (TPSA) is 55.4 Å². The number of sulfone groups is 1. The van der Waals surface area contributed by atoms with Gasteiger partial charge in [0.05, 0.1) is 11.9 Å². The molecule has 1 spiro atoms. The maximum absolute atomic E-state index is 11.3. The Labute approximate surface area is 117 Å². The summed E-state index contributed by atoms with van der Waals surface area (Å²) >= 11 is 0. The largest absolute Gasteiger partial charge is 0.378 e. The van der Waals surface area contributed by atoms with Crippen LogP contribution >= 0.6 is 0 Å². The van der Waals surface area contributed by atoms with Gasteiger partial charge in [-0.05, 0) is 33.1 Å². The predicted molar refractivity (Wildman–Crippen MR) is 77.0 cm³/mol. The Morgan fingerprint density at radius 3 is 2.53 bits per heavy atom. The molecule has 5 heteroatoms. The van der Waals surface area contributed by atoms with Crippen LogP contribution in [0, 0.1) is 5.41 Å². The van der Waals surface area contributed by atoms with Gasteiger partial charge in [-0.25, -0.2) is 8.42 Å². The molecule has 0 aliphatic heterocycles. The van der Waals surface area contributed by atoms with Crippen LogP contribution in [-0.2, 0) is 14.6 Å². The first kappa shape index (κ1) is 15.3. The van der Waals surface area contributed by atoms with Crippen LogP contribution in [0.1, 0.15) is 46.0 Å². The zero-order valence-corrected chi connectivity index (χ0v) is 13.1. The van der Waals surface area contributed by atoms with Gasteiger partial charge in [0.2, 0.25) is 0 Å². The van der Waals surface area contributed by atoms with E-state index in [1.165, 1.54) is 31.9 Å². The molecule has 0 aromatic heterocycles. The van der Waals surface area contributed by atoms with Gasteiger partial charge in [0, 0.05) is 30.4 Å². The lowest BCUT2D eigenvalue weighted by molar-refractivity contribution is -0.131. The van der Waals surface area contributed by atoms with Crippen molar-refractivity contribution in [3.8, 4) is 0 Å². The van der Waals surface area contributed by atoms with Gasteiger partial charge < -0.3 is 10.1 Å². The van der Waals surface area contributed by atoms with E-state index in [0.717, 1.165) is 13.0 Å². The maximum Gasteiger partial charge on any atom is 0.148 e. The van der Waals surface area contributed by atoms with Crippen molar-refractivity contribution in [2.24, 2.45) is 5.41 Å². The van der Waals surface area contributed by atoms with Gasteiger partial charge in [0.25, 0.3) is 0 Å². The third kappa shape index (κ3) is 3.31. The molecular weight excluding hydrogens is 262 g/mol. The van der Waals surface area contributed by atoms with Gasteiger partial charge in [-0.2, -0.15) is 0 Å². The molecule has 0 heterocycles. The first-order valence-corrected chi connectivity index (χ1v) is 9.49. The summed E-state index contributed by atoms with van der Waals surface area (Å²) in [7, 11) is -2.91. The standard InChI is InChI=1S/C14H27NO3S/c1-4-18-13-9-12(14(13)7-5-6-8-14)15-11(2)10-19(3,16)17/h11-13,15H,4-10H2,1-3H3. The van der Waals surface area contributed by atoms with Crippen molar-refractivity contribution in [2.45, 2.75) is 64.1 Å². The fraction of sp³-hybridized carbons (Fsp3) is 1.00. The Balaban J connectivity index is 1.94. The zero-order valence-electron chi connectivity index (χ0n) is 12.3. The van der Waals surface area contributed by atoms with Crippen molar-refractivity contribution in [1.29, 1.82) is 0 Å². The molecule has 2 aliphatic rings. The van der Waals surface area contributed by atoms with Crippen LogP contribution in [0.15, 0.2) is 0 Å². The van der Waals surface area contributed by atoms with Gasteiger partial charge in [-0.3, -0.25) is 0 Å². The Hall–Kier alpha value is -0.130. The summed E-state index contributed by atoms with van der Waals surface area (Å²) in [6.07, 6.45) is 7.72. The third-order valence-electron chi connectivity index (χ3n) is 4.73. The highest BCUT2D eigenvalue weighted by molar-refractivity contribution is 7.90. The van der Waals surface area contributed by atoms with Crippen molar-refractivity contribution in [3.63, 3.8) is 0 Å². The van der Waals surface area contributed by atoms with Crippen molar-refractivity contribution in [2.75, 3.05) is 18.6 Å². The first-order chi connectivity index (χ1) is 8.87. The average molecular weight is 289 g/mol. The summed E-state index contributed by atoms with van der Waals surface area (Å²) in [6, 6.07) is 0.461. The van der Waals surface area contributed by atoms with E-state index in [-0.39, 0.29) is 17.2 Å². The van der Waals surface area contributed by atoms with Gasteiger partial charge >= 0.3 is 0 Å². The second kappa shape index (κ2) is 5.70. The van der Waals surface area contributed by atoms with Crippen LogP contribution < -0.4 is 5.32 Å². The van der Waals surface area contributed by atoms with E-state index in [9.17, 15) is 8.42 Å². The quantitative estimate of drug-likeness (QED) is 0.809. The highest BCUT2D eigenvalue weighted by Crippen LogP contribution is 2.54. The van der Waals surface area contributed by atoms with Gasteiger partial charge in [0.15, 0.2) is 0 Å². The lowest BCUT2D eigenvalue weighted by Crippen LogP contribution is -2.64. The average Bonchev–Trinajstić information content (AvgIpc) is 2.77. The Kier molecular flexibility index (Phi) is 4.58. The molecule has 0 bridgehead atoms. The summed E-state index contributed by atoms with van der Waals surface area (Å²) in [5, 5.41) is 3.53. The molecule has 3 unspecified atom stereocenters. The molecule has 0 aromatic rings. The van der Waals surface area contributed by atoms with Crippen LogP contribution in [0.25, 0.3) is 0 Å². The molecule has 0 saturated heterocycles. The van der Waals surface area contributed by atoms with Crippen LogP contribution in [-0.4, -0.2) is 45.2 Å². The van der Waals surface area contributed by atoms with E-state index in [1.54, 1.807) is 0 Å². The molecule has 2 rings (SSSR count). The van der Waals surface area contributed by atoms with Crippen LogP contribution in [0.3, 0.4) is 0 Å². The molecule has 2 aliphatic carbocycles. The predicted octanol–water partition coefficient (Wildman–Crippen LogP) is 1.75. The normalized spacial score (nSPS) is 31.3. The number of hydrogen-bond acceptors (Lipinski definition) is 4. The first-order valence-electron chi connectivity index (χ1n) is 7.43. The molecule has 3 atom stereocenters. The summed E-state index contributed by atoms with van der Waals surface area (Å²) < 4.78 is 28.6. The highest BCUT2D eigenvalue weighted by atomic mass is 32.2. The lowest BCUT2D eigenvalue weighted by atomic mass is 9.60. The summed E-state index contributed by atoms with van der Waals surface area (Å²) in [6.45, 7) is 4.80. The number of rotatable bonds is 6. The fourth-order valence-electron chi connectivity index (χ4n) is 3.97. The lowest BCUT2D eigenvalue weighted by Gasteiger charge is -2.55. The van der Waals surface area contributed by atoms with Gasteiger partial charge in [0.1, 0.15) is 9.84 Å². The summed E-state index contributed by atoms with van der Waals surface area (Å²) in [5.74, 6) is 0.221. The van der Waals surface area contributed by atoms with E-state index in [1.807, 2.05) is 6.92 Å². The minimum Gasteiger partial charge on any atom is -0.378 e.